The summed E-state index contributed by atoms with van der Waals surface area (Å²) in [7, 11) is 0. The van der Waals surface area contributed by atoms with E-state index in [9.17, 15) is 4.79 Å². The van der Waals surface area contributed by atoms with E-state index < -0.39 is 0 Å². The Hall–Kier alpha value is -2.96. The molecule has 3 aromatic rings. The molecule has 1 saturated heterocycles. The van der Waals surface area contributed by atoms with Gasteiger partial charge in [0.15, 0.2) is 0 Å². The third kappa shape index (κ3) is 2.80. The van der Waals surface area contributed by atoms with E-state index in [1.54, 1.807) is 17.2 Å². The molecule has 0 radical (unpaired) electrons. The van der Waals surface area contributed by atoms with Crippen molar-refractivity contribution in [1.82, 2.24) is 30.1 Å². The average Bonchev–Trinajstić information content (AvgIpc) is 3.34. The Morgan fingerprint density at radius 3 is 2.50 bits per heavy atom. The van der Waals surface area contributed by atoms with Crippen LogP contribution in [-0.2, 0) is 0 Å². The van der Waals surface area contributed by atoms with Crippen molar-refractivity contribution in [2.45, 2.75) is 18.9 Å². The molecule has 0 aliphatic carbocycles. The largest absolute Gasteiger partial charge is 0.337 e. The van der Waals surface area contributed by atoms with E-state index in [0.717, 1.165) is 24.1 Å². The molecule has 1 fully saturated rings. The van der Waals surface area contributed by atoms with Gasteiger partial charge in [0.05, 0.1) is 24.1 Å². The molecule has 0 bridgehead atoms. The minimum Gasteiger partial charge on any atom is -0.337 e. The van der Waals surface area contributed by atoms with Gasteiger partial charge in [-0.05, 0) is 18.9 Å². The monoisotopic (exact) mass is 322 g/mol. The van der Waals surface area contributed by atoms with Crippen molar-refractivity contribution in [3.63, 3.8) is 0 Å². The van der Waals surface area contributed by atoms with Gasteiger partial charge < -0.3 is 4.90 Å². The maximum absolute atomic E-state index is 12.7. The van der Waals surface area contributed by atoms with Gasteiger partial charge in [-0.1, -0.05) is 30.3 Å². The van der Waals surface area contributed by atoms with Gasteiger partial charge in [-0.2, -0.15) is 20.1 Å². The lowest BCUT2D eigenvalue weighted by Crippen LogP contribution is -2.39. The smallest absolute Gasteiger partial charge is 0.271 e. The first-order valence-electron chi connectivity index (χ1n) is 8.07. The summed E-state index contributed by atoms with van der Waals surface area (Å²) < 4.78 is 0. The molecule has 1 aromatic carbocycles. The molecule has 24 heavy (non-hydrogen) atoms. The Bertz CT molecular complexity index is 803. The molecule has 3 heterocycles. The van der Waals surface area contributed by atoms with Crippen LogP contribution in [-0.4, -0.2) is 49.1 Å². The summed E-state index contributed by atoms with van der Waals surface area (Å²) in [4.78, 5) is 16.3. The second-order valence-corrected chi connectivity index (χ2v) is 5.91. The number of piperidine rings is 1. The predicted molar refractivity (Wildman–Crippen MR) is 88.2 cm³/mol. The molecule has 0 spiro atoms. The molecule has 0 saturated carbocycles. The zero-order valence-electron chi connectivity index (χ0n) is 13.2. The molecule has 1 aliphatic rings. The van der Waals surface area contributed by atoms with Gasteiger partial charge in [-0.15, -0.1) is 0 Å². The van der Waals surface area contributed by atoms with Gasteiger partial charge in [0.25, 0.3) is 5.91 Å². The van der Waals surface area contributed by atoms with Crippen LogP contribution in [0.5, 0.6) is 0 Å². The van der Waals surface area contributed by atoms with Crippen molar-refractivity contribution in [3.8, 4) is 11.3 Å². The number of benzene rings is 1. The third-order valence-corrected chi connectivity index (χ3v) is 4.39. The number of carbonyl (C=O) groups is 1. The summed E-state index contributed by atoms with van der Waals surface area (Å²) in [5.41, 5.74) is 2.32. The molecule has 1 N–H and O–H groups in total. The van der Waals surface area contributed by atoms with Gasteiger partial charge in [0.2, 0.25) is 0 Å². The Morgan fingerprint density at radius 2 is 1.79 bits per heavy atom. The minimum absolute atomic E-state index is 0.00319. The van der Waals surface area contributed by atoms with Gasteiger partial charge in [0, 0.05) is 18.7 Å². The van der Waals surface area contributed by atoms with Crippen molar-refractivity contribution in [2.24, 2.45) is 0 Å². The molecule has 1 aliphatic heterocycles. The van der Waals surface area contributed by atoms with Crippen LogP contribution in [0.2, 0.25) is 0 Å². The molecular weight excluding hydrogens is 304 g/mol. The number of carbonyl (C=O) groups excluding carboxylic acids is 1. The van der Waals surface area contributed by atoms with Crippen LogP contribution in [0.4, 0.5) is 0 Å². The van der Waals surface area contributed by atoms with Crippen LogP contribution in [0.15, 0.2) is 48.8 Å². The summed E-state index contributed by atoms with van der Waals surface area (Å²) in [5.74, 6) is -0.00319. The fourth-order valence-electron chi connectivity index (χ4n) is 3.07. The molecule has 7 nitrogen and oxygen atoms in total. The number of likely N-dealkylation sites (tertiary alicyclic amines) is 1. The van der Waals surface area contributed by atoms with E-state index in [1.807, 2.05) is 41.3 Å². The zero-order chi connectivity index (χ0) is 16.4. The van der Waals surface area contributed by atoms with Crippen molar-refractivity contribution in [2.75, 3.05) is 13.1 Å². The highest BCUT2D eigenvalue weighted by Gasteiger charge is 2.26. The van der Waals surface area contributed by atoms with Crippen LogP contribution >= 0.6 is 0 Å². The summed E-state index contributed by atoms with van der Waals surface area (Å²) in [6.45, 7) is 1.40. The topological polar surface area (TPSA) is 79.7 Å². The first-order chi connectivity index (χ1) is 11.8. The quantitative estimate of drug-likeness (QED) is 0.801. The predicted octanol–water partition coefficient (Wildman–Crippen LogP) is 2.15. The summed E-state index contributed by atoms with van der Waals surface area (Å²) >= 11 is 0. The minimum atomic E-state index is -0.00319. The lowest BCUT2D eigenvalue weighted by molar-refractivity contribution is 0.0678. The molecule has 0 atom stereocenters. The summed E-state index contributed by atoms with van der Waals surface area (Å²) in [6.07, 6.45) is 5.10. The second kappa shape index (κ2) is 6.27. The van der Waals surface area contributed by atoms with Crippen molar-refractivity contribution < 1.29 is 4.79 Å². The number of amides is 1. The summed E-state index contributed by atoms with van der Waals surface area (Å²) in [5, 5.41) is 15.5. The number of aromatic amines is 1. The lowest BCUT2D eigenvalue weighted by Gasteiger charge is -2.31. The third-order valence-electron chi connectivity index (χ3n) is 4.39. The number of nitrogens with zero attached hydrogens (tertiary/aromatic N) is 5. The van der Waals surface area contributed by atoms with Gasteiger partial charge in [-0.3, -0.25) is 9.89 Å². The number of rotatable bonds is 3. The second-order valence-electron chi connectivity index (χ2n) is 5.91. The molecule has 0 unspecified atom stereocenters. The molecule has 2 aromatic heterocycles. The fraction of sp³-hybridized carbons (Fsp3) is 0.294. The maximum atomic E-state index is 12.7. The Kier molecular flexibility index (Phi) is 3.82. The van der Waals surface area contributed by atoms with Gasteiger partial charge in [0.1, 0.15) is 5.69 Å². The average molecular weight is 322 g/mol. The van der Waals surface area contributed by atoms with E-state index in [1.165, 1.54) is 0 Å². The first-order valence-corrected chi connectivity index (χ1v) is 8.07. The molecule has 7 heteroatoms. The Morgan fingerprint density at radius 1 is 1.08 bits per heavy atom. The van der Waals surface area contributed by atoms with Crippen molar-refractivity contribution in [1.29, 1.82) is 0 Å². The van der Waals surface area contributed by atoms with Crippen molar-refractivity contribution in [3.05, 3.63) is 54.5 Å². The number of H-pyrrole nitrogens is 1. The van der Waals surface area contributed by atoms with E-state index in [2.05, 4.69) is 20.4 Å². The van der Waals surface area contributed by atoms with Gasteiger partial charge in [-0.25, -0.2) is 0 Å². The number of hydrogen-bond donors (Lipinski definition) is 1. The highest BCUT2D eigenvalue weighted by Crippen LogP contribution is 2.23. The molecule has 4 rings (SSSR count). The van der Waals surface area contributed by atoms with Crippen LogP contribution in [0, 0.1) is 0 Å². The van der Waals surface area contributed by atoms with E-state index in [4.69, 9.17) is 0 Å². The van der Waals surface area contributed by atoms with Crippen LogP contribution in [0.3, 0.4) is 0 Å². The van der Waals surface area contributed by atoms with Crippen LogP contribution < -0.4 is 0 Å². The van der Waals surface area contributed by atoms with E-state index in [0.29, 0.717) is 18.8 Å². The number of nitrogens with one attached hydrogen (secondary N) is 1. The van der Waals surface area contributed by atoms with Crippen molar-refractivity contribution >= 4 is 5.91 Å². The maximum Gasteiger partial charge on any atom is 0.271 e. The standard InChI is InChI=1S/C17H18N6O/c24-17(16-12-15(20-21-16)13-4-2-1-3-5-13)22-10-6-14(7-11-22)23-18-8-9-19-23/h1-5,8-9,12,14H,6-7,10-11H2,(H,20,21). The van der Waals surface area contributed by atoms with Gasteiger partial charge >= 0.3 is 0 Å². The fourth-order valence-corrected chi connectivity index (χ4v) is 3.07. The Balaban J connectivity index is 1.43. The van der Waals surface area contributed by atoms with Crippen LogP contribution in [0.1, 0.15) is 29.4 Å². The number of hydrogen-bond acceptors (Lipinski definition) is 4. The SMILES string of the molecule is O=C(c1cc(-c2ccccc2)n[nH]1)N1CCC(n2nccn2)CC1. The Labute approximate surface area is 139 Å². The van der Waals surface area contributed by atoms with Crippen LogP contribution in [0.25, 0.3) is 11.3 Å². The first kappa shape index (κ1) is 14.6. The van der Waals surface area contributed by atoms with E-state index >= 15 is 0 Å². The zero-order valence-corrected chi connectivity index (χ0v) is 13.2. The highest BCUT2D eigenvalue weighted by molar-refractivity contribution is 5.93. The van der Waals surface area contributed by atoms with E-state index in [-0.39, 0.29) is 11.9 Å². The molecule has 122 valence electrons. The number of aromatic nitrogens is 5. The lowest BCUT2D eigenvalue weighted by atomic mass is 10.1. The molecule has 1 amide bonds. The molecular formula is C17H18N6O. The normalized spacial score (nSPS) is 15.6. The highest BCUT2D eigenvalue weighted by atomic mass is 16.2. The summed E-state index contributed by atoms with van der Waals surface area (Å²) in [6, 6.07) is 11.9.